The molecule has 0 saturated heterocycles. The third-order valence-corrected chi connectivity index (χ3v) is 6.76. The number of aromatic nitrogens is 2. The van der Waals surface area contributed by atoms with Crippen LogP contribution in [0.4, 0.5) is 52.7 Å². The summed E-state index contributed by atoms with van der Waals surface area (Å²) >= 11 is 0. The maximum Gasteiger partial charge on any atom is 0.416 e. The van der Waals surface area contributed by atoms with Gasteiger partial charge in [0.1, 0.15) is 0 Å². The van der Waals surface area contributed by atoms with Crippen LogP contribution in [-0.4, -0.2) is 9.97 Å². The Morgan fingerprint density at radius 2 is 0.935 bits per heavy atom. The Morgan fingerprint density at radius 3 is 1.28 bits per heavy atom. The van der Waals surface area contributed by atoms with Crippen LogP contribution in [0, 0.1) is 17.9 Å². The standard InChI is InChI=1S/C30H10F12N4/c1-44-21(12-43)22-19-4-2-3-5-20(19)25-26(22)46-24(14-8-17(29(37,38)39)11-18(9-14)30(40,41)42)23(45-25)13-6-15(27(31,32)33)10-16(7-13)28(34,35)36/h2-11H. The largest absolute Gasteiger partial charge is 0.416 e. The van der Waals surface area contributed by atoms with Crippen molar-refractivity contribution >= 4 is 5.57 Å². The molecule has 46 heavy (non-hydrogen) atoms. The van der Waals surface area contributed by atoms with Gasteiger partial charge < -0.3 is 0 Å². The highest BCUT2D eigenvalue weighted by Crippen LogP contribution is 2.48. The minimum atomic E-state index is -5.39. The molecule has 0 N–H and O–H groups in total. The Morgan fingerprint density at radius 1 is 0.565 bits per heavy atom. The summed E-state index contributed by atoms with van der Waals surface area (Å²) < 4.78 is 165. The van der Waals surface area contributed by atoms with Crippen molar-refractivity contribution in [2.75, 3.05) is 0 Å². The second-order valence-corrected chi connectivity index (χ2v) is 9.70. The van der Waals surface area contributed by atoms with Crippen LogP contribution in [0.2, 0.25) is 0 Å². The number of allylic oxidation sites excluding steroid dienone is 1. The molecule has 16 heteroatoms. The van der Waals surface area contributed by atoms with Crippen LogP contribution in [0.3, 0.4) is 0 Å². The lowest BCUT2D eigenvalue weighted by atomic mass is 9.96. The van der Waals surface area contributed by atoms with Crippen molar-refractivity contribution < 1.29 is 52.7 Å². The lowest BCUT2D eigenvalue weighted by Gasteiger charge is -2.18. The maximum atomic E-state index is 13.8. The van der Waals surface area contributed by atoms with E-state index in [1.54, 1.807) is 6.07 Å². The van der Waals surface area contributed by atoms with E-state index in [0.717, 1.165) is 0 Å². The molecule has 5 rings (SSSR count). The van der Waals surface area contributed by atoms with Gasteiger partial charge in [-0.05, 0) is 42.0 Å². The Kier molecular flexibility index (Phi) is 7.39. The minimum Gasteiger partial charge on any atom is -0.244 e. The zero-order valence-electron chi connectivity index (χ0n) is 22.1. The van der Waals surface area contributed by atoms with Gasteiger partial charge in [-0.3, -0.25) is 0 Å². The smallest absolute Gasteiger partial charge is 0.244 e. The third kappa shape index (κ3) is 5.74. The summed E-state index contributed by atoms with van der Waals surface area (Å²) in [6, 6.07) is 7.50. The quantitative estimate of drug-likeness (QED) is 0.108. The summed E-state index contributed by atoms with van der Waals surface area (Å²) in [5, 5.41) is 9.59. The van der Waals surface area contributed by atoms with Crippen molar-refractivity contribution in [1.29, 1.82) is 5.26 Å². The fourth-order valence-electron chi connectivity index (χ4n) is 4.79. The molecule has 0 spiro atoms. The van der Waals surface area contributed by atoms with Gasteiger partial charge in [0, 0.05) is 22.3 Å². The number of benzene rings is 3. The summed E-state index contributed by atoms with van der Waals surface area (Å²) in [6.07, 6.45) is -21.5. The normalized spacial score (nSPS) is 14.3. The van der Waals surface area contributed by atoms with Crippen molar-refractivity contribution in [2.45, 2.75) is 24.7 Å². The number of alkyl halides is 12. The number of nitriles is 1. The Hall–Kier alpha value is -5.38. The van der Waals surface area contributed by atoms with Crippen LogP contribution < -0.4 is 0 Å². The van der Waals surface area contributed by atoms with Gasteiger partial charge >= 0.3 is 24.7 Å². The van der Waals surface area contributed by atoms with Gasteiger partial charge in [-0.25, -0.2) is 20.1 Å². The molecule has 0 bridgehead atoms. The molecule has 1 aliphatic rings. The molecule has 0 atom stereocenters. The number of halogens is 12. The summed E-state index contributed by atoms with van der Waals surface area (Å²) in [4.78, 5) is 11.4. The van der Waals surface area contributed by atoms with E-state index in [0.29, 0.717) is 0 Å². The molecule has 4 nitrogen and oxygen atoms in total. The summed E-state index contributed by atoms with van der Waals surface area (Å²) in [6.45, 7) is 7.39. The van der Waals surface area contributed by atoms with Crippen molar-refractivity contribution in [3.8, 4) is 39.8 Å². The van der Waals surface area contributed by atoms with Crippen LogP contribution in [0.1, 0.15) is 33.5 Å². The molecule has 0 unspecified atom stereocenters. The van der Waals surface area contributed by atoms with Crippen molar-refractivity contribution in [3.05, 3.63) is 111 Å². The van der Waals surface area contributed by atoms with Gasteiger partial charge in [-0.2, -0.15) is 52.7 Å². The van der Waals surface area contributed by atoms with E-state index in [9.17, 15) is 57.9 Å². The topological polar surface area (TPSA) is 53.9 Å². The molecule has 0 saturated carbocycles. The van der Waals surface area contributed by atoms with Crippen LogP contribution in [0.25, 0.3) is 44.2 Å². The number of hydrogen-bond donors (Lipinski definition) is 0. The van der Waals surface area contributed by atoms with Crippen LogP contribution in [0.15, 0.2) is 66.4 Å². The molecule has 1 aromatic heterocycles. The van der Waals surface area contributed by atoms with Gasteiger partial charge in [0.05, 0.1) is 57.7 Å². The second-order valence-electron chi connectivity index (χ2n) is 9.70. The zero-order valence-corrected chi connectivity index (χ0v) is 22.1. The lowest BCUT2D eigenvalue weighted by molar-refractivity contribution is -0.144. The fraction of sp³-hybridized carbons (Fsp3) is 0.133. The van der Waals surface area contributed by atoms with Gasteiger partial charge in [-0.1, -0.05) is 24.3 Å². The predicted molar refractivity (Wildman–Crippen MR) is 137 cm³/mol. The molecule has 1 heterocycles. The van der Waals surface area contributed by atoms with Gasteiger partial charge in [-0.15, -0.1) is 0 Å². The maximum absolute atomic E-state index is 13.8. The van der Waals surface area contributed by atoms with E-state index in [1.165, 1.54) is 24.3 Å². The number of nitrogens with zero attached hydrogens (tertiary/aromatic N) is 4. The Bertz CT molecular complexity index is 1940. The molecular formula is C30H10F12N4. The highest BCUT2D eigenvalue weighted by atomic mass is 19.4. The number of hydrogen-bond acceptors (Lipinski definition) is 3. The van der Waals surface area contributed by atoms with Crippen LogP contribution in [0.5, 0.6) is 0 Å². The van der Waals surface area contributed by atoms with Crippen molar-refractivity contribution in [3.63, 3.8) is 0 Å². The van der Waals surface area contributed by atoms with E-state index >= 15 is 0 Å². The molecular weight excluding hydrogens is 644 g/mol. The molecule has 3 aromatic carbocycles. The van der Waals surface area contributed by atoms with Crippen LogP contribution in [-0.2, 0) is 24.7 Å². The zero-order chi connectivity index (χ0) is 34.0. The number of rotatable bonds is 2. The molecule has 234 valence electrons. The predicted octanol–water partition coefficient (Wildman–Crippen LogP) is 10.1. The first-order valence-electron chi connectivity index (χ1n) is 12.4. The van der Waals surface area contributed by atoms with Gasteiger partial charge in [0.2, 0.25) is 0 Å². The van der Waals surface area contributed by atoms with E-state index < -0.39 is 80.9 Å². The SMILES string of the molecule is [C-]#[N+]C(C#N)=C1c2ccccc2-c2nc(-c3cc(C(F)(F)F)cc(C(F)(F)F)c3)c(-c3cc(C(F)(F)F)cc(C(F)(F)F)c3)nc21. The first-order valence-corrected chi connectivity index (χ1v) is 12.4. The molecule has 0 radical (unpaired) electrons. The highest BCUT2D eigenvalue weighted by Gasteiger charge is 2.40. The van der Waals surface area contributed by atoms with Crippen LogP contribution >= 0.6 is 0 Å². The first-order chi connectivity index (χ1) is 21.2. The number of fused-ring (bicyclic) bond motifs is 3. The third-order valence-electron chi connectivity index (χ3n) is 6.76. The molecule has 0 amide bonds. The molecule has 0 aliphatic heterocycles. The van der Waals surface area contributed by atoms with E-state index in [-0.39, 0.29) is 58.8 Å². The monoisotopic (exact) mass is 654 g/mol. The summed E-state index contributed by atoms with van der Waals surface area (Å²) in [5.74, 6) is 0. The molecule has 4 aromatic rings. The highest BCUT2D eigenvalue weighted by molar-refractivity contribution is 6.02. The van der Waals surface area contributed by atoms with Gasteiger partial charge in [0.25, 0.3) is 5.70 Å². The van der Waals surface area contributed by atoms with Crippen molar-refractivity contribution in [1.82, 2.24) is 9.97 Å². The van der Waals surface area contributed by atoms with Crippen molar-refractivity contribution in [2.24, 2.45) is 0 Å². The molecule has 0 fully saturated rings. The Labute approximate surface area is 249 Å². The van der Waals surface area contributed by atoms with Gasteiger partial charge in [0.15, 0.2) is 0 Å². The fourth-order valence-corrected chi connectivity index (χ4v) is 4.79. The summed E-state index contributed by atoms with van der Waals surface area (Å²) in [5.41, 5.74) is -12.7. The lowest BCUT2D eigenvalue weighted by Crippen LogP contribution is -2.12. The Balaban J connectivity index is 1.98. The van der Waals surface area contributed by atoms with E-state index in [4.69, 9.17) is 6.57 Å². The van der Waals surface area contributed by atoms with E-state index in [1.807, 2.05) is 0 Å². The first kappa shape index (κ1) is 32.0. The average molecular weight is 654 g/mol. The second kappa shape index (κ2) is 10.6. The van der Waals surface area contributed by atoms with E-state index in [2.05, 4.69) is 14.8 Å². The summed E-state index contributed by atoms with van der Waals surface area (Å²) in [7, 11) is 0. The average Bonchev–Trinajstić information content (AvgIpc) is 3.28. The minimum absolute atomic E-state index is 0.0900. The molecule has 1 aliphatic carbocycles.